The van der Waals surface area contributed by atoms with Crippen molar-refractivity contribution in [2.75, 3.05) is 25.5 Å². The number of ketones is 1. The van der Waals surface area contributed by atoms with Crippen LogP contribution in [-0.4, -0.2) is 66.0 Å². The lowest BCUT2D eigenvalue weighted by Gasteiger charge is -2.37. The van der Waals surface area contributed by atoms with Crippen molar-refractivity contribution in [3.05, 3.63) is 48.0 Å². The Kier molecular flexibility index (Phi) is 7.54. The van der Waals surface area contributed by atoms with Crippen molar-refractivity contribution in [1.82, 2.24) is 34.2 Å². The summed E-state index contributed by atoms with van der Waals surface area (Å²) >= 11 is 0. The van der Waals surface area contributed by atoms with E-state index in [1.807, 2.05) is 44.5 Å². The molecule has 0 aromatic carbocycles. The maximum Gasteiger partial charge on any atom is 0.265 e. The molecule has 0 radical (unpaired) electrons. The third-order valence-corrected chi connectivity index (χ3v) is 7.29. The molecule has 1 unspecified atom stereocenters. The molecule has 0 saturated carbocycles. The molecular weight excluding hydrogens is 530 g/mol. The Morgan fingerprint density at radius 1 is 1.17 bits per heavy atom. The van der Waals surface area contributed by atoms with Crippen LogP contribution in [0.2, 0.25) is 0 Å². The number of halogens is 2. The molecule has 218 valence electrons. The Hall–Kier alpha value is -3.93. The number of pyridine rings is 2. The minimum atomic E-state index is -2.78. The standard InChI is InChI=1S/C29H36F2N8O2/c1-18(40)11-20-12-21(7-9-32-20)41-22-13-23-26(33-15-22)35-27(38(23)6)34-25-14-24(28(2,3)4)39(36-25)16-19-8-10-37(5)17-29(19,30)31/h7,9,12-15,19H,8,10-11,16-17H2,1-6H3,(H,33,34,35,36). The summed E-state index contributed by atoms with van der Waals surface area (Å²) in [6, 6.07) is 7.17. The first-order chi connectivity index (χ1) is 19.3. The summed E-state index contributed by atoms with van der Waals surface area (Å²) < 4.78 is 39.2. The zero-order chi connectivity index (χ0) is 29.5. The van der Waals surface area contributed by atoms with Gasteiger partial charge in [0.05, 0.1) is 24.0 Å². The summed E-state index contributed by atoms with van der Waals surface area (Å²) in [5.41, 5.74) is 2.43. The number of fused-ring (bicyclic) bond motifs is 1. The fourth-order valence-corrected chi connectivity index (χ4v) is 5.15. The Balaban J connectivity index is 1.38. The second-order valence-electron chi connectivity index (χ2n) is 11.9. The van der Waals surface area contributed by atoms with Crippen LogP contribution in [0.25, 0.3) is 11.2 Å². The lowest BCUT2D eigenvalue weighted by atomic mass is 9.90. The number of hydrogen-bond acceptors (Lipinski definition) is 8. The Morgan fingerprint density at radius 3 is 2.66 bits per heavy atom. The van der Waals surface area contributed by atoms with Crippen LogP contribution in [0.15, 0.2) is 36.7 Å². The van der Waals surface area contributed by atoms with Gasteiger partial charge in [0, 0.05) is 61.4 Å². The number of ether oxygens (including phenoxy) is 1. The molecular formula is C29H36F2N8O2. The third-order valence-electron chi connectivity index (χ3n) is 7.29. The number of aromatic nitrogens is 6. The normalized spacial score (nSPS) is 17.6. The summed E-state index contributed by atoms with van der Waals surface area (Å²) in [6.45, 7) is 8.19. The van der Waals surface area contributed by atoms with Gasteiger partial charge in [0.2, 0.25) is 5.95 Å². The van der Waals surface area contributed by atoms with E-state index in [1.165, 1.54) is 6.92 Å². The monoisotopic (exact) mass is 566 g/mol. The first-order valence-corrected chi connectivity index (χ1v) is 13.6. The van der Waals surface area contributed by atoms with E-state index in [1.54, 1.807) is 41.2 Å². The van der Waals surface area contributed by atoms with Crippen LogP contribution in [-0.2, 0) is 30.2 Å². The van der Waals surface area contributed by atoms with E-state index in [9.17, 15) is 13.6 Å². The maximum atomic E-state index is 14.9. The highest BCUT2D eigenvalue weighted by atomic mass is 19.3. The number of anilines is 2. The molecule has 4 aromatic rings. The highest BCUT2D eigenvalue weighted by molar-refractivity contribution is 5.78. The quantitative estimate of drug-likeness (QED) is 0.314. The lowest BCUT2D eigenvalue weighted by molar-refractivity contribution is -0.116. The van der Waals surface area contributed by atoms with E-state index < -0.39 is 11.8 Å². The predicted molar refractivity (Wildman–Crippen MR) is 152 cm³/mol. The van der Waals surface area contributed by atoms with Gasteiger partial charge in [-0.05, 0) is 33.0 Å². The topological polar surface area (TPSA) is 103 Å². The van der Waals surface area contributed by atoms with E-state index in [0.717, 1.165) is 11.2 Å². The summed E-state index contributed by atoms with van der Waals surface area (Å²) in [4.78, 5) is 26.4. The molecule has 0 bridgehead atoms. The van der Waals surface area contributed by atoms with Gasteiger partial charge >= 0.3 is 0 Å². The van der Waals surface area contributed by atoms with Crippen molar-refractivity contribution in [2.45, 2.75) is 58.4 Å². The zero-order valence-corrected chi connectivity index (χ0v) is 24.3. The average molecular weight is 567 g/mol. The number of nitrogens with zero attached hydrogens (tertiary/aromatic N) is 7. The van der Waals surface area contributed by atoms with Crippen LogP contribution in [0.1, 0.15) is 45.5 Å². The summed E-state index contributed by atoms with van der Waals surface area (Å²) in [5.74, 6) is -1.46. The lowest BCUT2D eigenvalue weighted by Crippen LogP contribution is -2.48. The summed E-state index contributed by atoms with van der Waals surface area (Å²) in [5, 5.41) is 7.95. The smallest absolute Gasteiger partial charge is 0.265 e. The van der Waals surface area contributed by atoms with Gasteiger partial charge < -0.3 is 19.5 Å². The maximum absolute atomic E-state index is 14.9. The van der Waals surface area contributed by atoms with Gasteiger partial charge in [-0.2, -0.15) is 10.1 Å². The van der Waals surface area contributed by atoms with Crippen LogP contribution in [0, 0.1) is 5.92 Å². The van der Waals surface area contributed by atoms with Gasteiger partial charge in [-0.15, -0.1) is 0 Å². The number of nitrogens with one attached hydrogen (secondary N) is 1. The van der Waals surface area contributed by atoms with Gasteiger partial charge in [-0.3, -0.25) is 14.5 Å². The molecule has 5 heterocycles. The van der Waals surface area contributed by atoms with E-state index >= 15 is 0 Å². The molecule has 1 fully saturated rings. The molecule has 1 aliphatic rings. The number of hydrogen-bond donors (Lipinski definition) is 1. The van der Waals surface area contributed by atoms with E-state index in [-0.39, 0.29) is 30.7 Å². The van der Waals surface area contributed by atoms with Gasteiger partial charge in [-0.25, -0.2) is 13.8 Å². The summed E-state index contributed by atoms with van der Waals surface area (Å²) in [6.07, 6.45) is 3.83. The third kappa shape index (κ3) is 6.37. The molecule has 1 N–H and O–H groups in total. The number of alkyl halides is 2. The van der Waals surface area contributed by atoms with Crippen molar-refractivity contribution in [3.63, 3.8) is 0 Å². The molecule has 1 atom stereocenters. The van der Waals surface area contributed by atoms with Crippen LogP contribution < -0.4 is 10.1 Å². The number of likely N-dealkylation sites (tertiary alicyclic amines) is 1. The minimum absolute atomic E-state index is 0.0202. The second kappa shape index (κ2) is 10.8. The average Bonchev–Trinajstić information content (AvgIpc) is 3.41. The molecule has 12 heteroatoms. The van der Waals surface area contributed by atoms with Crippen molar-refractivity contribution in [3.8, 4) is 11.5 Å². The zero-order valence-electron chi connectivity index (χ0n) is 24.3. The van der Waals surface area contributed by atoms with Crippen LogP contribution in [0.5, 0.6) is 11.5 Å². The van der Waals surface area contributed by atoms with E-state index in [0.29, 0.717) is 47.6 Å². The number of piperidine rings is 1. The second-order valence-corrected chi connectivity index (χ2v) is 11.9. The molecule has 10 nitrogen and oxygen atoms in total. The fraction of sp³-hybridized carbons (Fsp3) is 0.483. The minimum Gasteiger partial charge on any atom is -0.456 e. The van der Waals surface area contributed by atoms with E-state index in [2.05, 4.69) is 20.3 Å². The van der Waals surface area contributed by atoms with Crippen molar-refractivity contribution in [2.24, 2.45) is 13.0 Å². The van der Waals surface area contributed by atoms with Gasteiger partial charge in [-0.1, -0.05) is 20.8 Å². The van der Waals surface area contributed by atoms with Gasteiger partial charge in [0.25, 0.3) is 5.92 Å². The number of aryl methyl sites for hydroxylation is 1. The number of imidazole rings is 1. The summed E-state index contributed by atoms with van der Waals surface area (Å²) in [7, 11) is 3.58. The molecule has 4 aromatic heterocycles. The Morgan fingerprint density at radius 2 is 1.95 bits per heavy atom. The van der Waals surface area contributed by atoms with Crippen LogP contribution in [0.4, 0.5) is 20.5 Å². The number of carbonyl (C=O) groups is 1. The van der Waals surface area contributed by atoms with Gasteiger partial charge in [0.1, 0.15) is 17.3 Å². The van der Waals surface area contributed by atoms with Crippen molar-refractivity contribution in [1.29, 1.82) is 0 Å². The van der Waals surface area contributed by atoms with Gasteiger partial charge in [0.15, 0.2) is 11.5 Å². The highest BCUT2D eigenvalue weighted by Gasteiger charge is 2.44. The van der Waals surface area contributed by atoms with E-state index in [4.69, 9.17) is 9.84 Å². The molecule has 0 amide bonds. The van der Waals surface area contributed by atoms with Crippen molar-refractivity contribution < 1.29 is 18.3 Å². The molecule has 41 heavy (non-hydrogen) atoms. The predicted octanol–water partition coefficient (Wildman–Crippen LogP) is 5.11. The number of rotatable bonds is 8. The number of Topliss-reactive ketones (excluding diaryl/α,β-unsaturated/α-hetero) is 1. The molecule has 0 spiro atoms. The SMILES string of the molecule is CC(=O)Cc1cc(Oc2cnc3nc(Nc4cc(C(C)(C)C)n(CC5CCN(C)CC5(F)F)n4)n(C)c3c2)ccn1. The van der Waals surface area contributed by atoms with Crippen LogP contribution in [0.3, 0.4) is 0 Å². The Bertz CT molecular complexity index is 1570. The largest absolute Gasteiger partial charge is 0.456 e. The molecule has 5 rings (SSSR count). The fourth-order valence-electron chi connectivity index (χ4n) is 5.15. The molecule has 1 saturated heterocycles. The number of carbonyl (C=O) groups excluding carboxylic acids is 1. The highest BCUT2D eigenvalue weighted by Crippen LogP contribution is 2.36. The Labute approximate surface area is 237 Å². The molecule has 0 aliphatic carbocycles. The van der Waals surface area contributed by atoms with Crippen molar-refractivity contribution >= 4 is 28.7 Å². The first kappa shape index (κ1) is 28.6. The molecule has 1 aliphatic heterocycles. The first-order valence-electron chi connectivity index (χ1n) is 13.6. The van der Waals surface area contributed by atoms with Crippen LogP contribution >= 0.6 is 0 Å².